The van der Waals surface area contributed by atoms with E-state index in [4.69, 9.17) is 17.0 Å². The highest BCUT2D eigenvalue weighted by Gasteiger charge is 2.59. The van der Waals surface area contributed by atoms with Crippen LogP contribution in [0.2, 0.25) is 0 Å². The number of hydrogen-bond acceptors (Lipinski definition) is 5. The number of hydrogen-bond donors (Lipinski definition) is 4. The van der Waals surface area contributed by atoms with Gasteiger partial charge in [0.05, 0.1) is 5.60 Å². The van der Waals surface area contributed by atoms with Crippen LogP contribution in [0.15, 0.2) is 30.3 Å². The molecule has 0 unspecified atom stereocenters. The summed E-state index contributed by atoms with van der Waals surface area (Å²) in [4.78, 5) is 13.2. The molecule has 0 bridgehead atoms. The molecule has 142 valence electrons. The monoisotopic (exact) mass is 377 g/mol. The molecule has 2 fully saturated rings. The van der Waals surface area contributed by atoms with Gasteiger partial charge in [-0.2, -0.15) is 0 Å². The highest BCUT2D eigenvalue weighted by molar-refractivity contribution is 7.80. The number of esters is 1. The Labute approximate surface area is 159 Å². The molecule has 4 atom stereocenters. The maximum atomic E-state index is 13.2. The molecular weight excluding hydrogens is 350 g/mol. The third-order valence-corrected chi connectivity index (χ3v) is 5.08. The fourth-order valence-corrected chi connectivity index (χ4v) is 4.37. The van der Waals surface area contributed by atoms with E-state index < -0.39 is 22.8 Å². The van der Waals surface area contributed by atoms with E-state index in [9.17, 15) is 9.90 Å². The molecule has 0 radical (unpaired) electrons. The van der Waals surface area contributed by atoms with Crippen molar-refractivity contribution in [1.29, 1.82) is 0 Å². The molecule has 0 aromatic heterocycles. The van der Waals surface area contributed by atoms with Crippen molar-refractivity contribution < 1.29 is 14.6 Å². The summed E-state index contributed by atoms with van der Waals surface area (Å²) in [5, 5.41) is 14.5. The Bertz CT molecular complexity index is 702. The van der Waals surface area contributed by atoms with Crippen LogP contribution in [0.1, 0.15) is 52.0 Å². The number of aliphatic hydroxyl groups is 1. The summed E-state index contributed by atoms with van der Waals surface area (Å²) >= 11 is 5.23. The molecular formula is C19H27N3O3S. The third-order valence-electron chi connectivity index (χ3n) is 4.88. The quantitative estimate of drug-likeness (QED) is 0.463. The lowest BCUT2D eigenvalue weighted by Crippen LogP contribution is -2.67. The zero-order valence-electron chi connectivity index (χ0n) is 15.6. The second-order valence-corrected chi connectivity index (χ2v) is 8.99. The largest absolute Gasteiger partial charge is 0.460 e. The molecule has 3 rings (SSSR count). The van der Waals surface area contributed by atoms with E-state index in [-0.39, 0.29) is 11.9 Å². The molecule has 7 heteroatoms. The summed E-state index contributed by atoms with van der Waals surface area (Å²) in [5.74, 6) is -1.09. The Morgan fingerprint density at radius 1 is 1.31 bits per heavy atom. The number of hydrazine groups is 1. The third kappa shape index (κ3) is 3.84. The maximum Gasteiger partial charge on any atom is 0.313 e. The minimum absolute atomic E-state index is 0.225. The Morgan fingerprint density at radius 3 is 2.50 bits per heavy atom. The number of nitrogens with one attached hydrogen (secondary N) is 3. The lowest BCUT2D eigenvalue weighted by molar-refractivity contribution is -0.170. The van der Waals surface area contributed by atoms with Crippen molar-refractivity contribution in [2.24, 2.45) is 5.92 Å². The Hall–Kier alpha value is -1.70. The van der Waals surface area contributed by atoms with Crippen LogP contribution in [0.4, 0.5) is 0 Å². The second-order valence-electron chi connectivity index (χ2n) is 8.58. The molecule has 1 aliphatic heterocycles. The minimum atomic E-state index is -0.972. The van der Waals surface area contributed by atoms with Gasteiger partial charge in [-0.15, -0.1) is 0 Å². The lowest BCUT2D eigenvalue weighted by Gasteiger charge is -2.49. The number of thiocarbonyl (C=S) groups is 1. The predicted molar refractivity (Wildman–Crippen MR) is 103 cm³/mol. The van der Waals surface area contributed by atoms with E-state index in [1.807, 2.05) is 51.1 Å². The maximum absolute atomic E-state index is 13.2. The van der Waals surface area contributed by atoms with Crippen molar-refractivity contribution in [3.63, 3.8) is 0 Å². The number of rotatable bonds is 2. The van der Waals surface area contributed by atoms with Crippen molar-refractivity contribution >= 4 is 23.3 Å². The molecule has 26 heavy (non-hydrogen) atoms. The molecule has 4 N–H and O–H groups in total. The second kappa shape index (κ2) is 6.48. The highest BCUT2D eigenvalue weighted by atomic mass is 32.1. The summed E-state index contributed by atoms with van der Waals surface area (Å²) < 4.78 is 5.75. The van der Waals surface area contributed by atoms with Gasteiger partial charge in [0.25, 0.3) is 0 Å². The Kier molecular flexibility index (Phi) is 4.75. The first-order chi connectivity index (χ1) is 12.0. The first-order valence-electron chi connectivity index (χ1n) is 8.87. The molecule has 2 aliphatic rings. The summed E-state index contributed by atoms with van der Waals surface area (Å²) in [6.45, 7) is 7.35. The Balaban J connectivity index is 2.07. The fourth-order valence-electron chi connectivity index (χ4n) is 4.14. The average molecular weight is 378 g/mol. The predicted octanol–water partition coefficient (Wildman–Crippen LogP) is 1.95. The van der Waals surface area contributed by atoms with E-state index in [2.05, 4.69) is 16.2 Å². The number of carbonyl (C=O) groups is 1. The van der Waals surface area contributed by atoms with Gasteiger partial charge in [-0.25, -0.2) is 5.43 Å². The summed E-state index contributed by atoms with van der Waals surface area (Å²) in [6.07, 6.45) is 0.777. The van der Waals surface area contributed by atoms with Gasteiger partial charge >= 0.3 is 5.97 Å². The molecule has 1 aromatic carbocycles. The average Bonchev–Trinajstić information content (AvgIpc) is 2.85. The van der Waals surface area contributed by atoms with Gasteiger partial charge in [0, 0.05) is 12.3 Å². The van der Waals surface area contributed by atoms with Crippen LogP contribution in [0.3, 0.4) is 0 Å². The van der Waals surface area contributed by atoms with Crippen LogP contribution in [0, 0.1) is 5.92 Å². The number of benzene rings is 1. The van der Waals surface area contributed by atoms with Gasteiger partial charge < -0.3 is 15.2 Å². The smallest absolute Gasteiger partial charge is 0.313 e. The van der Waals surface area contributed by atoms with Crippen molar-refractivity contribution in [2.75, 3.05) is 0 Å². The van der Waals surface area contributed by atoms with Crippen molar-refractivity contribution in [2.45, 2.75) is 63.3 Å². The highest BCUT2D eigenvalue weighted by Crippen LogP contribution is 2.48. The minimum Gasteiger partial charge on any atom is -0.460 e. The number of ether oxygens (including phenoxy) is 1. The summed E-state index contributed by atoms with van der Waals surface area (Å²) in [6, 6.07) is 9.78. The van der Waals surface area contributed by atoms with Gasteiger partial charge in [-0.1, -0.05) is 30.3 Å². The van der Waals surface area contributed by atoms with Gasteiger partial charge in [-0.3, -0.25) is 10.2 Å². The van der Waals surface area contributed by atoms with Gasteiger partial charge in [-0.05, 0) is 51.9 Å². The molecule has 1 aromatic rings. The topological polar surface area (TPSA) is 82.6 Å². The normalized spacial score (nSPS) is 34.3. The lowest BCUT2D eigenvalue weighted by atomic mass is 9.64. The van der Waals surface area contributed by atoms with Crippen LogP contribution in [0.5, 0.6) is 0 Å². The molecule has 1 spiro atoms. The molecule has 0 amide bonds. The van der Waals surface area contributed by atoms with E-state index in [1.54, 1.807) is 6.92 Å². The van der Waals surface area contributed by atoms with E-state index >= 15 is 0 Å². The molecule has 1 saturated carbocycles. The molecule has 1 saturated heterocycles. The van der Waals surface area contributed by atoms with Crippen LogP contribution >= 0.6 is 12.2 Å². The van der Waals surface area contributed by atoms with Crippen molar-refractivity contribution in [3.8, 4) is 0 Å². The zero-order chi connectivity index (χ0) is 19.2. The van der Waals surface area contributed by atoms with Gasteiger partial charge in [0.2, 0.25) is 0 Å². The van der Waals surface area contributed by atoms with Crippen molar-refractivity contribution in [3.05, 3.63) is 35.9 Å². The van der Waals surface area contributed by atoms with Gasteiger partial charge in [0.15, 0.2) is 5.11 Å². The first-order valence-corrected chi connectivity index (χ1v) is 9.28. The molecule has 1 heterocycles. The van der Waals surface area contributed by atoms with E-state index in [0.717, 1.165) is 5.56 Å². The summed E-state index contributed by atoms with van der Waals surface area (Å²) in [5.41, 5.74) is 4.52. The molecule has 1 aliphatic carbocycles. The molecule has 6 nitrogen and oxygen atoms in total. The van der Waals surface area contributed by atoms with Gasteiger partial charge in [0.1, 0.15) is 17.2 Å². The first kappa shape index (κ1) is 19.1. The van der Waals surface area contributed by atoms with E-state index in [0.29, 0.717) is 18.0 Å². The van der Waals surface area contributed by atoms with Crippen LogP contribution in [0.25, 0.3) is 0 Å². The fraction of sp³-hybridized carbons (Fsp3) is 0.579. The van der Waals surface area contributed by atoms with Crippen molar-refractivity contribution in [1.82, 2.24) is 16.2 Å². The summed E-state index contributed by atoms with van der Waals surface area (Å²) in [7, 11) is 0. The van der Waals surface area contributed by atoms with Crippen LogP contribution in [-0.4, -0.2) is 33.1 Å². The zero-order valence-corrected chi connectivity index (χ0v) is 16.4. The Morgan fingerprint density at radius 2 is 1.96 bits per heavy atom. The van der Waals surface area contributed by atoms with Crippen LogP contribution in [-0.2, 0) is 9.53 Å². The SMILES string of the molecule is CC(C)(C)OC(=O)[C@H]1[C@@H](c2ccccc2)C[C@](C)(O)C[C@@]12NNC(=S)N2. The van der Waals surface area contributed by atoms with E-state index in [1.165, 1.54) is 0 Å². The number of carbonyl (C=O) groups excluding carboxylic acids is 1. The van der Waals surface area contributed by atoms with Crippen LogP contribution < -0.4 is 16.2 Å². The standard InChI is InChI=1S/C19H27N3O3S/c1-17(2,3)25-15(23)14-13(12-8-6-5-7-9-12)10-18(4,24)11-19(14)20-16(26)21-22-19/h5-9,13-14,22,24H,10-11H2,1-4H3,(H2,20,21,26)/t13-,14-,18+,19-/m1/s1.